The maximum absolute atomic E-state index is 12.3. The van der Waals surface area contributed by atoms with Gasteiger partial charge in [-0.2, -0.15) is 13.2 Å². The third kappa shape index (κ3) is 5.88. The number of fused-ring (bicyclic) bond motifs is 1. The van der Waals surface area contributed by atoms with E-state index in [4.69, 9.17) is 29.9 Å². The number of amidine groups is 1. The maximum atomic E-state index is 12.3. The van der Waals surface area contributed by atoms with Crippen LogP contribution in [0.25, 0.3) is 0 Å². The van der Waals surface area contributed by atoms with Crippen LogP contribution in [0.4, 0.5) is 19.0 Å². The number of ether oxygens (including phenoxy) is 1. The number of thiazole rings is 1. The van der Waals surface area contributed by atoms with Crippen LogP contribution in [0.3, 0.4) is 0 Å². The van der Waals surface area contributed by atoms with Gasteiger partial charge in [0.05, 0.1) is 18.4 Å². The minimum atomic E-state index is -5.08. The number of amides is 1. The zero-order valence-corrected chi connectivity index (χ0v) is 19.7. The Morgan fingerprint density at radius 2 is 2.12 bits per heavy atom. The first-order valence-electron chi connectivity index (χ1n) is 10.1. The molecule has 4 N–H and O–H groups in total. The van der Waals surface area contributed by atoms with Crippen LogP contribution in [-0.4, -0.2) is 56.9 Å². The van der Waals surface area contributed by atoms with Crippen LogP contribution < -0.4 is 11.1 Å². The summed E-state index contributed by atoms with van der Waals surface area (Å²) >= 11 is 3.04. The molecule has 3 atom stereocenters. The minimum absolute atomic E-state index is 0.170. The first-order chi connectivity index (χ1) is 15.9. The molecule has 0 radical (unpaired) electrons. The molecule has 2 aromatic heterocycles. The van der Waals surface area contributed by atoms with Crippen molar-refractivity contribution in [2.45, 2.75) is 44.5 Å². The molecule has 2 aliphatic heterocycles. The fourth-order valence-electron chi connectivity index (χ4n) is 3.37. The largest absolute Gasteiger partial charge is 0.490 e. The third-order valence-corrected chi connectivity index (χ3v) is 7.09. The van der Waals surface area contributed by atoms with E-state index in [1.807, 2.05) is 12.3 Å². The van der Waals surface area contributed by atoms with Gasteiger partial charge in [0, 0.05) is 23.1 Å². The van der Waals surface area contributed by atoms with Crippen LogP contribution >= 0.6 is 23.1 Å². The summed E-state index contributed by atoms with van der Waals surface area (Å²) in [6.45, 7) is 4.47. The van der Waals surface area contributed by atoms with Gasteiger partial charge in [0.2, 0.25) is 5.76 Å². The number of anilines is 1. The number of aromatic nitrogens is 2. The molecule has 0 bridgehead atoms. The van der Waals surface area contributed by atoms with E-state index in [2.05, 4.69) is 22.4 Å². The molecule has 1 saturated heterocycles. The molecule has 0 unspecified atom stereocenters. The first kappa shape index (κ1) is 26.0. The lowest BCUT2D eigenvalue weighted by Crippen LogP contribution is -2.49. The van der Waals surface area contributed by atoms with E-state index in [0.717, 1.165) is 22.9 Å². The number of aliphatic carboxylic acids is 1. The number of carboxylic acids is 1. The van der Waals surface area contributed by atoms with Gasteiger partial charge in [-0.05, 0) is 19.8 Å². The van der Waals surface area contributed by atoms with Crippen LogP contribution in [0.15, 0.2) is 21.0 Å². The zero-order chi connectivity index (χ0) is 25.1. The van der Waals surface area contributed by atoms with E-state index in [-0.39, 0.29) is 17.8 Å². The second-order valence-electron chi connectivity index (χ2n) is 7.57. The Labute approximate surface area is 200 Å². The van der Waals surface area contributed by atoms with Gasteiger partial charge in [0.15, 0.2) is 5.17 Å². The number of aryl methyl sites for hydroxylation is 1. The van der Waals surface area contributed by atoms with Gasteiger partial charge in [0.1, 0.15) is 16.4 Å². The van der Waals surface area contributed by atoms with Crippen LogP contribution in [0.5, 0.6) is 0 Å². The van der Waals surface area contributed by atoms with Crippen LogP contribution in [0.1, 0.15) is 41.5 Å². The molecule has 4 rings (SSSR count). The van der Waals surface area contributed by atoms with Crippen molar-refractivity contribution >= 4 is 46.0 Å². The molecule has 0 aromatic carbocycles. The van der Waals surface area contributed by atoms with E-state index >= 15 is 0 Å². The topological polar surface area (TPSA) is 153 Å². The summed E-state index contributed by atoms with van der Waals surface area (Å²) in [5, 5.41) is 16.9. The summed E-state index contributed by atoms with van der Waals surface area (Å²) in [5.74, 6) is -1.30. The molecule has 0 spiro atoms. The highest BCUT2D eigenvalue weighted by atomic mass is 32.2. The average molecular weight is 522 g/mol. The van der Waals surface area contributed by atoms with E-state index in [9.17, 15) is 18.0 Å². The predicted octanol–water partition coefficient (Wildman–Crippen LogP) is 3.26. The minimum Gasteiger partial charge on any atom is -0.475 e. The number of carbonyl (C=O) groups excluding carboxylic acids is 1. The second-order valence-corrected chi connectivity index (χ2v) is 9.47. The molecular weight excluding hydrogens is 499 g/mol. The quantitative estimate of drug-likeness (QED) is 0.550. The molecule has 2 aromatic rings. The van der Waals surface area contributed by atoms with Crippen molar-refractivity contribution in [1.29, 1.82) is 0 Å². The summed E-state index contributed by atoms with van der Waals surface area (Å²) in [5.41, 5.74) is 6.19. The Morgan fingerprint density at radius 1 is 1.41 bits per heavy atom. The number of nitrogens with one attached hydrogen (secondary N) is 1. The van der Waals surface area contributed by atoms with Gasteiger partial charge in [-0.25, -0.2) is 14.8 Å². The van der Waals surface area contributed by atoms with Gasteiger partial charge in [-0.1, -0.05) is 23.8 Å². The monoisotopic (exact) mass is 521 g/mol. The normalized spacial score (nSPS) is 24.3. The molecule has 2 aliphatic rings. The van der Waals surface area contributed by atoms with Crippen molar-refractivity contribution < 1.29 is 37.1 Å². The number of halogens is 3. The molecule has 4 heterocycles. The number of rotatable bonds is 4. The Hall–Kier alpha value is -2.65. The number of thioether (sulfide) groups is 1. The Morgan fingerprint density at radius 3 is 2.74 bits per heavy atom. The summed E-state index contributed by atoms with van der Waals surface area (Å²) in [7, 11) is 0. The fourth-order valence-corrected chi connectivity index (χ4v) is 5.35. The third-order valence-electron chi connectivity index (χ3n) is 5.13. The number of aliphatic imine (C=N–C) groups is 1. The molecule has 10 nitrogen and oxygen atoms in total. The average Bonchev–Trinajstić information content (AvgIpc) is 3.43. The van der Waals surface area contributed by atoms with Crippen molar-refractivity contribution in [1.82, 2.24) is 10.1 Å². The number of nitrogens with two attached hydrogens (primary N) is 1. The highest BCUT2D eigenvalue weighted by Gasteiger charge is 2.49. The van der Waals surface area contributed by atoms with Gasteiger partial charge >= 0.3 is 12.1 Å². The molecule has 186 valence electrons. The molecule has 15 heteroatoms. The molecule has 1 fully saturated rings. The van der Waals surface area contributed by atoms with Gasteiger partial charge in [0.25, 0.3) is 5.91 Å². The van der Waals surface area contributed by atoms with E-state index in [0.29, 0.717) is 29.9 Å². The van der Waals surface area contributed by atoms with Crippen molar-refractivity contribution in [2.75, 3.05) is 17.7 Å². The molecule has 0 saturated carbocycles. The number of alkyl halides is 3. The zero-order valence-electron chi connectivity index (χ0n) is 18.1. The van der Waals surface area contributed by atoms with E-state index in [1.165, 1.54) is 11.3 Å². The highest BCUT2D eigenvalue weighted by Crippen LogP contribution is 2.47. The van der Waals surface area contributed by atoms with Crippen LogP contribution in [-0.2, 0) is 21.5 Å². The lowest BCUT2D eigenvalue weighted by Gasteiger charge is -2.44. The SMILES string of the molecule is CCc1cc(C(=O)Nc2csc([C@]34CO[C@@H](C)C[C@H]3CSC(N)=N4)n2)on1.O=C(O)C(F)(F)F. The van der Waals surface area contributed by atoms with Crippen molar-refractivity contribution in [3.05, 3.63) is 27.9 Å². The highest BCUT2D eigenvalue weighted by molar-refractivity contribution is 8.13. The number of carboxylic acid groups (broad SMARTS) is 1. The molecule has 0 aliphatic carbocycles. The smallest absolute Gasteiger partial charge is 0.475 e. The standard InChI is InChI=1S/C17H21N5O3S2.C2HF3O2/c1-3-11-5-12(25-22-11)14(23)19-13-7-26-15(20-13)17-8-24-9(2)4-10(17)6-27-16(18)21-17;3-2(4,5)1(6)7/h5,7,9-10H,3-4,6,8H2,1-2H3,(H2,18,21)(H,19,23);(H,6,7)/t9-,10-,17-;/m0./s1. The first-order valence-corrected chi connectivity index (χ1v) is 11.9. The second kappa shape index (κ2) is 10.3. The van der Waals surface area contributed by atoms with Crippen molar-refractivity contribution in [3.8, 4) is 0 Å². The van der Waals surface area contributed by atoms with E-state index < -0.39 is 17.7 Å². The summed E-state index contributed by atoms with van der Waals surface area (Å²) < 4.78 is 42.7. The van der Waals surface area contributed by atoms with Crippen molar-refractivity contribution in [2.24, 2.45) is 16.6 Å². The summed E-state index contributed by atoms with van der Waals surface area (Å²) in [4.78, 5) is 30.6. The van der Waals surface area contributed by atoms with Crippen molar-refractivity contribution in [3.63, 3.8) is 0 Å². The Bertz CT molecular complexity index is 1070. The Balaban J connectivity index is 0.000000406. The van der Waals surface area contributed by atoms with E-state index in [1.54, 1.807) is 17.8 Å². The molecule has 1 amide bonds. The Kier molecular flexibility index (Phi) is 7.88. The fraction of sp³-hybridized carbons (Fsp3) is 0.526. The van der Waals surface area contributed by atoms with Gasteiger partial charge in [-0.3, -0.25) is 4.79 Å². The number of nitrogens with zero attached hydrogens (tertiary/aromatic N) is 3. The lowest BCUT2D eigenvalue weighted by molar-refractivity contribution is -0.192. The van der Waals surface area contributed by atoms with Gasteiger partial charge in [-0.15, -0.1) is 11.3 Å². The summed E-state index contributed by atoms with van der Waals surface area (Å²) in [6, 6.07) is 1.64. The van der Waals surface area contributed by atoms with Gasteiger partial charge < -0.3 is 25.4 Å². The van der Waals surface area contributed by atoms with Crippen LogP contribution in [0.2, 0.25) is 0 Å². The number of hydrogen-bond donors (Lipinski definition) is 3. The number of carbonyl (C=O) groups is 2. The number of hydrogen-bond acceptors (Lipinski definition) is 10. The predicted molar refractivity (Wildman–Crippen MR) is 119 cm³/mol. The lowest BCUT2D eigenvalue weighted by atomic mass is 9.80. The summed E-state index contributed by atoms with van der Waals surface area (Å²) in [6.07, 6.45) is -3.28. The maximum Gasteiger partial charge on any atom is 0.490 e. The molecular formula is C19H22F3N5O5S2. The molecule has 34 heavy (non-hydrogen) atoms. The van der Waals surface area contributed by atoms with Crippen LogP contribution in [0, 0.1) is 5.92 Å².